The van der Waals surface area contributed by atoms with E-state index in [2.05, 4.69) is 15.3 Å². The maximum Gasteiger partial charge on any atom is 0.224 e. The lowest BCUT2D eigenvalue weighted by Gasteiger charge is -2.35. The van der Waals surface area contributed by atoms with Crippen LogP contribution in [0.25, 0.3) is 11.0 Å². The SMILES string of the molecule is CC1CN(C(=O)CCNc2cnc3ccccc3n2)CC(C)O1. The summed E-state index contributed by atoms with van der Waals surface area (Å²) >= 11 is 0. The highest BCUT2D eigenvalue weighted by Crippen LogP contribution is 2.13. The second-order valence-electron chi connectivity index (χ2n) is 5.98. The van der Waals surface area contributed by atoms with Gasteiger partial charge in [-0.1, -0.05) is 12.1 Å². The number of nitrogens with one attached hydrogen (secondary N) is 1. The first-order valence-electron chi connectivity index (χ1n) is 8.00. The number of ether oxygens (including phenoxy) is 1. The van der Waals surface area contributed by atoms with Gasteiger partial charge in [0.25, 0.3) is 0 Å². The third kappa shape index (κ3) is 3.96. The minimum Gasteiger partial charge on any atom is -0.372 e. The molecule has 2 atom stereocenters. The van der Waals surface area contributed by atoms with Gasteiger partial charge in [0.1, 0.15) is 5.82 Å². The van der Waals surface area contributed by atoms with Crippen LogP contribution in [-0.4, -0.2) is 52.6 Å². The van der Waals surface area contributed by atoms with Crippen LogP contribution in [0.1, 0.15) is 20.3 Å². The first kappa shape index (κ1) is 15.7. The van der Waals surface area contributed by atoms with E-state index >= 15 is 0 Å². The van der Waals surface area contributed by atoms with E-state index in [1.807, 2.05) is 43.0 Å². The summed E-state index contributed by atoms with van der Waals surface area (Å²) in [4.78, 5) is 23.0. The second-order valence-corrected chi connectivity index (χ2v) is 5.98. The maximum absolute atomic E-state index is 12.3. The Morgan fingerprint density at radius 1 is 1.26 bits per heavy atom. The van der Waals surface area contributed by atoms with Crippen LogP contribution < -0.4 is 5.32 Å². The summed E-state index contributed by atoms with van der Waals surface area (Å²) in [6, 6.07) is 7.73. The number of carbonyl (C=O) groups excluding carboxylic acids is 1. The van der Waals surface area contributed by atoms with E-state index in [1.54, 1.807) is 6.20 Å². The van der Waals surface area contributed by atoms with E-state index in [1.165, 1.54) is 0 Å². The molecule has 1 aromatic carbocycles. The quantitative estimate of drug-likeness (QED) is 0.936. The first-order chi connectivity index (χ1) is 11.1. The number of amides is 1. The molecular formula is C17H22N4O2. The summed E-state index contributed by atoms with van der Waals surface area (Å²) in [7, 11) is 0. The monoisotopic (exact) mass is 314 g/mol. The number of rotatable bonds is 4. The van der Waals surface area contributed by atoms with Crippen LogP contribution >= 0.6 is 0 Å². The van der Waals surface area contributed by atoms with E-state index in [9.17, 15) is 4.79 Å². The molecule has 122 valence electrons. The van der Waals surface area contributed by atoms with Crippen molar-refractivity contribution in [1.82, 2.24) is 14.9 Å². The van der Waals surface area contributed by atoms with Gasteiger partial charge in [0.2, 0.25) is 5.91 Å². The average molecular weight is 314 g/mol. The smallest absolute Gasteiger partial charge is 0.224 e. The fourth-order valence-electron chi connectivity index (χ4n) is 2.88. The van der Waals surface area contributed by atoms with Crippen molar-refractivity contribution in [3.8, 4) is 0 Å². The molecule has 1 aromatic heterocycles. The Morgan fingerprint density at radius 2 is 1.96 bits per heavy atom. The van der Waals surface area contributed by atoms with E-state index < -0.39 is 0 Å². The number of hydrogen-bond acceptors (Lipinski definition) is 5. The van der Waals surface area contributed by atoms with Gasteiger partial charge in [0, 0.05) is 26.1 Å². The number of carbonyl (C=O) groups is 1. The second kappa shape index (κ2) is 6.91. The van der Waals surface area contributed by atoms with Crippen molar-refractivity contribution >= 4 is 22.8 Å². The molecule has 0 aliphatic carbocycles. The van der Waals surface area contributed by atoms with Gasteiger partial charge < -0.3 is 15.0 Å². The molecule has 6 heteroatoms. The summed E-state index contributed by atoms with van der Waals surface area (Å²) in [5, 5.41) is 3.18. The van der Waals surface area contributed by atoms with Crippen LogP contribution in [-0.2, 0) is 9.53 Å². The molecule has 2 unspecified atom stereocenters. The number of morpholine rings is 1. The Balaban J connectivity index is 1.52. The van der Waals surface area contributed by atoms with Crippen molar-refractivity contribution < 1.29 is 9.53 Å². The fourth-order valence-corrected chi connectivity index (χ4v) is 2.88. The zero-order valence-electron chi connectivity index (χ0n) is 13.5. The number of benzene rings is 1. The Hall–Kier alpha value is -2.21. The summed E-state index contributed by atoms with van der Waals surface area (Å²) in [5.41, 5.74) is 1.71. The van der Waals surface area contributed by atoms with Crippen molar-refractivity contribution in [3.63, 3.8) is 0 Å². The van der Waals surface area contributed by atoms with Gasteiger partial charge in [0.15, 0.2) is 0 Å². The minimum absolute atomic E-state index is 0.0991. The van der Waals surface area contributed by atoms with E-state index in [-0.39, 0.29) is 18.1 Å². The molecule has 1 fully saturated rings. The fraction of sp³-hybridized carbons (Fsp3) is 0.471. The number of fused-ring (bicyclic) bond motifs is 1. The van der Waals surface area contributed by atoms with Crippen LogP contribution in [0, 0.1) is 0 Å². The molecule has 0 spiro atoms. The Kier molecular flexibility index (Phi) is 4.71. The largest absolute Gasteiger partial charge is 0.372 e. The molecule has 2 aromatic rings. The number of hydrogen-bond donors (Lipinski definition) is 1. The highest BCUT2D eigenvalue weighted by Gasteiger charge is 2.25. The highest BCUT2D eigenvalue weighted by atomic mass is 16.5. The number of para-hydroxylation sites is 2. The van der Waals surface area contributed by atoms with E-state index in [0.29, 0.717) is 31.9 Å². The topological polar surface area (TPSA) is 67.4 Å². The summed E-state index contributed by atoms with van der Waals surface area (Å²) in [6.45, 7) is 5.88. The van der Waals surface area contributed by atoms with Gasteiger partial charge in [-0.05, 0) is 26.0 Å². The number of anilines is 1. The normalized spacial score (nSPS) is 21.4. The van der Waals surface area contributed by atoms with Crippen molar-refractivity contribution in [2.75, 3.05) is 25.0 Å². The van der Waals surface area contributed by atoms with Crippen molar-refractivity contribution in [2.24, 2.45) is 0 Å². The Morgan fingerprint density at radius 3 is 2.70 bits per heavy atom. The van der Waals surface area contributed by atoms with Crippen LogP contribution in [0.5, 0.6) is 0 Å². The summed E-state index contributed by atoms with van der Waals surface area (Å²) in [6.07, 6.45) is 2.34. The molecule has 2 heterocycles. The van der Waals surface area contributed by atoms with Gasteiger partial charge in [-0.25, -0.2) is 4.98 Å². The lowest BCUT2D eigenvalue weighted by molar-refractivity contribution is -0.142. The van der Waals surface area contributed by atoms with Gasteiger partial charge in [-0.3, -0.25) is 9.78 Å². The molecular weight excluding hydrogens is 292 g/mol. The number of aromatic nitrogens is 2. The molecule has 1 saturated heterocycles. The molecule has 0 bridgehead atoms. The van der Waals surface area contributed by atoms with Gasteiger partial charge in [-0.2, -0.15) is 0 Å². The molecule has 1 aliphatic rings. The number of nitrogens with zero attached hydrogens (tertiary/aromatic N) is 3. The third-order valence-electron chi connectivity index (χ3n) is 3.87. The third-order valence-corrected chi connectivity index (χ3v) is 3.87. The Bertz CT molecular complexity index is 681. The van der Waals surface area contributed by atoms with E-state index in [4.69, 9.17) is 4.74 Å². The van der Waals surface area contributed by atoms with Crippen molar-refractivity contribution in [2.45, 2.75) is 32.5 Å². The lowest BCUT2D eigenvalue weighted by Crippen LogP contribution is -2.48. The van der Waals surface area contributed by atoms with Crippen LogP contribution in [0.15, 0.2) is 30.5 Å². The standard InChI is InChI=1S/C17H22N4O2/c1-12-10-21(11-13(2)23-12)17(22)7-8-18-16-9-19-14-5-3-4-6-15(14)20-16/h3-6,9,12-13H,7-8,10-11H2,1-2H3,(H,18,20). The van der Waals surface area contributed by atoms with Crippen LogP contribution in [0.2, 0.25) is 0 Å². The molecule has 1 N–H and O–H groups in total. The van der Waals surface area contributed by atoms with Crippen molar-refractivity contribution in [3.05, 3.63) is 30.5 Å². The molecule has 0 saturated carbocycles. The molecule has 0 radical (unpaired) electrons. The summed E-state index contributed by atoms with van der Waals surface area (Å²) < 4.78 is 5.65. The molecule has 1 aliphatic heterocycles. The first-order valence-corrected chi connectivity index (χ1v) is 8.00. The minimum atomic E-state index is 0.0991. The predicted molar refractivity (Wildman–Crippen MR) is 89.2 cm³/mol. The van der Waals surface area contributed by atoms with Crippen LogP contribution in [0.4, 0.5) is 5.82 Å². The Labute approximate surface area is 135 Å². The molecule has 23 heavy (non-hydrogen) atoms. The van der Waals surface area contributed by atoms with Gasteiger partial charge in [-0.15, -0.1) is 0 Å². The van der Waals surface area contributed by atoms with Crippen molar-refractivity contribution in [1.29, 1.82) is 0 Å². The van der Waals surface area contributed by atoms with E-state index in [0.717, 1.165) is 11.0 Å². The highest BCUT2D eigenvalue weighted by molar-refractivity contribution is 5.77. The zero-order valence-corrected chi connectivity index (χ0v) is 13.5. The van der Waals surface area contributed by atoms with Crippen LogP contribution in [0.3, 0.4) is 0 Å². The predicted octanol–water partition coefficient (Wildman–Crippen LogP) is 2.07. The maximum atomic E-state index is 12.3. The molecule has 3 rings (SSSR count). The van der Waals surface area contributed by atoms with Gasteiger partial charge in [0.05, 0.1) is 29.4 Å². The lowest BCUT2D eigenvalue weighted by atomic mass is 10.2. The summed E-state index contributed by atoms with van der Waals surface area (Å²) in [5.74, 6) is 0.841. The molecule has 1 amide bonds. The molecule has 6 nitrogen and oxygen atoms in total. The average Bonchev–Trinajstić information content (AvgIpc) is 2.53. The van der Waals surface area contributed by atoms with Gasteiger partial charge >= 0.3 is 0 Å². The zero-order chi connectivity index (χ0) is 16.2.